The van der Waals surface area contributed by atoms with Crippen molar-refractivity contribution in [2.75, 3.05) is 6.61 Å². The minimum Gasteiger partial charge on any atom is -0.465 e. The zero-order valence-electron chi connectivity index (χ0n) is 15.8. The molecule has 4 heteroatoms. The minimum atomic E-state index is -0.0496. The highest BCUT2D eigenvalue weighted by atomic mass is 35.7. The van der Waals surface area contributed by atoms with E-state index in [1.165, 1.54) is 0 Å². The van der Waals surface area contributed by atoms with Gasteiger partial charge in [0.1, 0.15) is 0 Å². The maximum atomic E-state index is 12.8. The van der Waals surface area contributed by atoms with E-state index in [2.05, 4.69) is 27.7 Å². The van der Waals surface area contributed by atoms with Gasteiger partial charge >= 0.3 is 5.97 Å². The smallest absolute Gasteiger partial charge is 0.309 e. The van der Waals surface area contributed by atoms with E-state index in [-0.39, 0.29) is 17.0 Å². The molecule has 23 heavy (non-hydrogen) atoms. The predicted molar refractivity (Wildman–Crippen MR) is 105 cm³/mol. The standard InChI is InChI=1S/C19H38ClO2P/c1-5-9-13-17(18(21)22-16-12-8-4)19(23-20,14-10-6-2)15-11-7-3/h17,23H,5-16H2,1-4H3. The Kier molecular flexibility index (Phi) is 14.6. The Bertz CT molecular complexity index is 289. The average molecular weight is 365 g/mol. The van der Waals surface area contributed by atoms with E-state index in [1.54, 1.807) is 0 Å². The van der Waals surface area contributed by atoms with Gasteiger partial charge in [-0.15, -0.1) is 0 Å². The predicted octanol–water partition coefficient (Wildman–Crippen LogP) is 7.09. The van der Waals surface area contributed by atoms with Gasteiger partial charge in [-0.2, -0.15) is 0 Å². The summed E-state index contributed by atoms with van der Waals surface area (Å²) in [6.07, 6.45) is 11.8. The summed E-state index contributed by atoms with van der Waals surface area (Å²) in [5, 5.41) is -0.0496. The van der Waals surface area contributed by atoms with Crippen LogP contribution in [0.3, 0.4) is 0 Å². The Balaban J connectivity index is 5.18. The molecule has 0 spiro atoms. The molecule has 2 nitrogen and oxygen atoms in total. The van der Waals surface area contributed by atoms with E-state index >= 15 is 0 Å². The molecule has 0 saturated heterocycles. The van der Waals surface area contributed by atoms with Crippen LogP contribution >= 0.6 is 19.2 Å². The number of unbranched alkanes of at least 4 members (excludes halogenated alkanes) is 4. The fraction of sp³-hybridized carbons (Fsp3) is 0.947. The molecule has 0 aliphatic heterocycles. The van der Waals surface area contributed by atoms with Crippen LogP contribution in [-0.2, 0) is 9.53 Å². The Labute approximate surface area is 151 Å². The molecule has 0 radical (unpaired) electrons. The highest BCUT2D eigenvalue weighted by Gasteiger charge is 2.42. The largest absolute Gasteiger partial charge is 0.465 e. The SMILES string of the molecule is CCCCOC(=O)C(CCCC)C(CCCC)(CCCC)PCl. The van der Waals surface area contributed by atoms with Crippen LogP contribution in [0, 0.1) is 5.92 Å². The minimum absolute atomic E-state index is 0.00672. The van der Waals surface area contributed by atoms with Gasteiger partial charge in [0, 0.05) is 5.16 Å². The van der Waals surface area contributed by atoms with E-state index in [4.69, 9.17) is 16.0 Å². The molecule has 0 bridgehead atoms. The summed E-state index contributed by atoms with van der Waals surface area (Å²) >= 11 is 6.49. The van der Waals surface area contributed by atoms with Crippen LogP contribution in [0.15, 0.2) is 0 Å². The van der Waals surface area contributed by atoms with Crippen LogP contribution in [0.4, 0.5) is 0 Å². The van der Waals surface area contributed by atoms with E-state index in [1.807, 2.05) is 0 Å². The normalized spacial score (nSPS) is 13.6. The molecule has 0 aliphatic carbocycles. The number of carbonyl (C=O) groups excluding carboxylic acids is 1. The number of hydrogen-bond acceptors (Lipinski definition) is 2. The maximum Gasteiger partial charge on any atom is 0.309 e. The summed E-state index contributed by atoms with van der Waals surface area (Å²) < 4.78 is 5.62. The van der Waals surface area contributed by atoms with Gasteiger partial charge < -0.3 is 4.74 Å². The number of rotatable bonds is 15. The van der Waals surface area contributed by atoms with Gasteiger partial charge in [-0.05, 0) is 33.6 Å². The first-order valence-corrected chi connectivity index (χ1v) is 11.7. The molecular formula is C19H38ClO2P. The quantitative estimate of drug-likeness (QED) is 0.176. The van der Waals surface area contributed by atoms with Crippen LogP contribution in [0.5, 0.6) is 0 Å². The first kappa shape index (κ1) is 23.2. The first-order valence-electron chi connectivity index (χ1n) is 9.66. The second-order valence-electron chi connectivity index (χ2n) is 6.67. The Hall–Kier alpha value is 0.190. The van der Waals surface area contributed by atoms with Crippen molar-refractivity contribution < 1.29 is 9.53 Å². The molecule has 0 fully saturated rings. The van der Waals surface area contributed by atoms with Crippen molar-refractivity contribution in [1.82, 2.24) is 0 Å². The third-order valence-electron chi connectivity index (χ3n) is 4.68. The van der Waals surface area contributed by atoms with Gasteiger partial charge in [0.05, 0.1) is 12.5 Å². The van der Waals surface area contributed by atoms with Crippen molar-refractivity contribution in [3.63, 3.8) is 0 Å². The van der Waals surface area contributed by atoms with Gasteiger partial charge in [0.25, 0.3) is 0 Å². The Morgan fingerprint density at radius 3 is 1.91 bits per heavy atom. The summed E-state index contributed by atoms with van der Waals surface area (Å²) in [7, 11) is 0.300. The van der Waals surface area contributed by atoms with Crippen molar-refractivity contribution in [3.8, 4) is 0 Å². The molecule has 2 atom stereocenters. The molecule has 0 aliphatic rings. The molecule has 2 unspecified atom stereocenters. The second kappa shape index (κ2) is 14.5. The summed E-state index contributed by atoms with van der Waals surface area (Å²) in [4.78, 5) is 12.8. The lowest BCUT2D eigenvalue weighted by Gasteiger charge is -2.38. The van der Waals surface area contributed by atoms with E-state index in [9.17, 15) is 4.79 Å². The molecule has 0 heterocycles. The number of halogens is 1. The van der Waals surface area contributed by atoms with Crippen molar-refractivity contribution in [3.05, 3.63) is 0 Å². The van der Waals surface area contributed by atoms with Crippen molar-refractivity contribution >= 4 is 25.1 Å². The molecule has 0 aromatic carbocycles. The summed E-state index contributed by atoms with van der Waals surface area (Å²) in [5.74, 6) is -0.0134. The fourth-order valence-corrected chi connectivity index (χ4v) is 4.96. The number of ether oxygens (including phenoxy) is 1. The summed E-state index contributed by atoms with van der Waals surface area (Å²) in [6.45, 7) is 9.28. The number of esters is 1. The second-order valence-corrected chi connectivity index (χ2v) is 8.43. The lowest BCUT2D eigenvalue weighted by molar-refractivity contribution is -0.150. The lowest BCUT2D eigenvalue weighted by atomic mass is 9.80. The van der Waals surface area contributed by atoms with E-state index in [0.717, 1.165) is 70.6 Å². The topological polar surface area (TPSA) is 26.3 Å². The molecule has 138 valence electrons. The Morgan fingerprint density at radius 1 is 0.957 bits per heavy atom. The van der Waals surface area contributed by atoms with Crippen LogP contribution in [-0.4, -0.2) is 17.7 Å². The van der Waals surface area contributed by atoms with Crippen molar-refractivity contribution in [1.29, 1.82) is 0 Å². The fourth-order valence-electron chi connectivity index (χ4n) is 3.06. The molecule has 0 aromatic heterocycles. The summed E-state index contributed by atoms with van der Waals surface area (Å²) in [5.41, 5.74) is 0. The van der Waals surface area contributed by atoms with Gasteiger partial charge in [-0.1, -0.05) is 83.9 Å². The van der Waals surface area contributed by atoms with Gasteiger partial charge in [-0.3, -0.25) is 4.79 Å². The van der Waals surface area contributed by atoms with Gasteiger partial charge in [-0.25, -0.2) is 0 Å². The average Bonchev–Trinajstić information content (AvgIpc) is 2.57. The van der Waals surface area contributed by atoms with E-state index < -0.39 is 0 Å². The molecule has 0 saturated carbocycles. The molecule has 0 amide bonds. The van der Waals surface area contributed by atoms with Crippen LogP contribution in [0.25, 0.3) is 0 Å². The highest BCUT2D eigenvalue weighted by molar-refractivity contribution is 7.69. The van der Waals surface area contributed by atoms with Crippen LogP contribution in [0.1, 0.15) is 98.3 Å². The van der Waals surface area contributed by atoms with Gasteiger partial charge in [0.15, 0.2) is 0 Å². The van der Waals surface area contributed by atoms with E-state index in [0.29, 0.717) is 14.5 Å². The maximum absolute atomic E-state index is 12.8. The molecule has 0 rings (SSSR count). The van der Waals surface area contributed by atoms with Crippen molar-refractivity contribution in [2.45, 2.75) is 103 Å². The van der Waals surface area contributed by atoms with Crippen LogP contribution in [0.2, 0.25) is 0 Å². The highest BCUT2D eigenvalue weighted by Crippen LogP contribution is 2.51. The molecule has 0 aromatic rings. The Morgan fingerprint density at radius 2 is 1.48 bits per heavy atom. The number of carbonyl (C=O) groups is 1. The monoisotopic (exact) mass is 364 g/mol. The molecule has 0 N–H and O–H groups in total. The summed E-state index contributed by atoms with van der Waals surface area (Å²) in [6, 6.07) is 0. The zero-order chi connectivity index (χ0) is 17.6. The van der Waals surface area contributed by atoms with Crippen LogP contribution < -0.4 is 0 Å². The van der Waals surface area contributed by atoms with Gasteiger partial charge in [0.2, 0.25) is 0 Å². The number of hydrogen-bond donors (Lipinski definition) is 0. The zero-order valence-corrected chi connectivity index (χ0v) is 17.5. The third kappa shape index (κ3) is 8.73. The van der Waals surface area contributed by atoms with Crippen molar-refractivity contribution in [2.24, 2.45) is 5.92 Å². The third-order valence-corrected chi connectivity index (χ3v) is 7.04. The molecular weight excluding hydrogens is 327 g/mol. The lowest BCUT2D eigenvalue weighted by Crippen LogP contribution is -2.39. The first-order chi connectivity index (χ1) is 11.1.